The Morgan fingerprint density at radius 1 is 1.38 bits per heavy atom. The van der Waals surface area contributed by atoms with Crippen molar-refractivity contribution < 1.29 is 9.53 Å². The van der Waals surface area contributed by atoms with Crippen LogP contribution in [0.3, 0.4) is 0 Å². The van der Waals surface area contributed by atoms with E-state index in [1.165, 1.54) is 12.8 Å². The van der Waals surface area contributed by atoms with Gasteiger partial charge in [-0.05, 0) is 51.0 Å². The average Bonchev–Trinajstić information content (AvgIpc) is 2.87. The number of amides is 1. The number of nitrogens with zero attached hydrogens (tertiary/aromatic N) is 1. The largest absolute Gasteiger partial charge is 0.378 e. The number of carbonyl (C=O) groups is 1. The fourth-order valence-electron chi connectivity index (χ4n) is 3.49. The second kappa shape index (κ2) is 8.14. The van der Waals surface area contributed by atoms with E-state index in [2.05, 4.69) is 24.1 Å². The van der Waals surface area contributed by atoms with E-state index in [9.17, 15) is 4.79 Å². The Hall–Kier alpha value is -0.610. The van der Waals surface area contributed by atoms with E-state index in [0.29, 0.717) is 36.3 Å². The van der Waals surface area contributed by atoms with Crippen molar-refractivity contribution in [2.75, 3.05) is 26.2 Å². The molecule has 0 bridgehead atoms. The Kier molecular flexibility index (Phi) is 6.49. The molecule has 0 radical (unpaired) electrons. The van der Waals surface area contributed by atoms with Crippen LogP contribution in [0.25, 0.3) is 0 Å². The molecule has 122 valence electrons. The number of carbonyl (C=O) groups excluding carboxylic acids is 1. The molecule has 1 aliphatic heterocycles. The van der Waals surface area contributed by atoms with Gasteiger partial charge >= 0.3 is 0 Å². The highest BCUT2D eigenvalue weighted by molar-refractivity contribution is 5.76. The second-order valence-electron chi connectivity index (χ2n) is 7.10. The minimum atomic E-state index is 0.345. The molecular weight excluding hydrogens is 264 g/mol. The monoisotopic (exact) mass is 296 g/mol. The molecule has 21 heavy (non-hydrogen) atoms. The molecular formula is C17H32N2O2. The number of nitrogens with one attached hydrogen (secondary N) is 1. The van der Waals surface area contributed by atoms with Crippen LogP contribution in [-0.2, 0) is 9.53 Å². The van der Waals surface area contributed by atoms with E-state index in [4.69, 9.17) is 4.74 Å². The molecule has 2 rings (SSSR count). The predicted octanol–water partition coefficient (Wildman–Crippen LogP) is 2.43. The van der Waals surface area contributed by atoms with Gasteiger partial charge < -0.3 is 15.0 Å². The first-order chi connectivity index (χ1) is 10.1. The molecule has 1 unspecified atom stereocenters. The van der Waals surface area contributed by atoms with Crippen molar-refractivity contribution in [3.8, 4) is 0 Å². The summed E-state index contributed by atoms with van der Waals surface area (Å²) < 4.78 is 5.59. The van der Waals surface area contributed by atoms with Crippen LogP contribution in [0.4, 0.5) is 0 Å². The van der Waals surface area contributed by atoms with Gasteiger partial charge in [-0.15, -0.1) is 0 Å². The van der Waals surface area contributed by atoms with Crippen LogP contribution in [0.2, 0.25) is 0 Å². The number of hydrogen-bond donors (Lipinski definition) is 1. The first-order valence-electron chi connectivity index (χ1n) is 8.71. The maximum absolute atomic E-state index is 12.6. The van der Waals surface area contributed by atoms with E-state index in [1.807, 2.05) is 6.92 Å². The summed E-state index contributed by atoms with van der Waals surface area (Å²) in [4.78, 5) is 14.7. The first kappa shape index (κ1) is 16.8. The standard InChI is InChI=1S/C17H32N2O2/c1-4-21-16-8-14(9-16)10-17(20)19(11-13(2)3)12-15-6-5-7-18-15/h13-16,18H,4-12H2,1-3H3. The summed E-state index contributed by atoms with van der Waals surface area (Å²) in [5.41, 5.74) is 0. The third kappa shape index (κ3) is 5.26. The SMILES string of the molecule is CCOC1CC(CC(=O)N(CC(C)C)CC2CCCN2)C1. The molecule has 1 atom stereocenters. The van der Waals surface area contributed by atoms with Crippen LogP contribution in [0, 0.1) is 11.8 Å². The van der Waals surface area contributed by atoms with Crippen molar-refractivity contribution in [1.82, 2.24) is 10.2 Å². The molecule has 1 saturated heterocycles. The lowest BCUT2D eigenvalue weighted by molar-refractivity contribution is -0.135. The molecule has 0 aromatic rings. The molecule has 4 heteroatoms. The molecule has 1 aliphatic carbocycles. The van der Waals surface area contributed by atoms with Crippen molar-refractivity contribution in [2.24, 2.45) is 11.8 Å². The van der Waals surface area contributed by atoms with Crippen LogP contribution in [-0.4, -0.2) is 49.2 Å². The van der Waals surface area contributed by atoms with Gasteiger partial charge in [-0.2, -0.15) is 0 Å². The summed E-state index contributed by atoms with van der Waals surface area (Å²) in [5.74, 6) is 1.42. The van der Waals surface area contributed by atoms with Gasteiger partial charge in [0.15, 0.2) is 0 Å². The summed E-state index contributed by atoms with van der Waals surface area (Å²) in [7, 11) is 0. The highest BCUT2D eigenvalue weighted by Crippen LogP contribution is 2.33. The molecule has 0 aromatic carbocycles. The Balaban J connectivity index is 1.77. The van der Waals surface area contributed by atoms with Gasteiger partial charge in [-0.3, -0.25) is 4.79 Å². The zero-order chi connectivity index (χ0) is 15.2. The van der Waals surface area contributed by atoms with Gasteiger partial charge in [0.25, 0.3) is 0 Å². The van der Waals surface area contributed by atoms with E-state index < -0.39 is 0 Å². The van der Waals surface area contributed by atoms with Crippen molar-refractivity contribution in [3.05, 3.63) is 0 Å². The Morgan fingerprint density at radius 3 is 2.71 bits per heavy atom. The molecule has 4 nitrogen and oxygen atoms in total. The third-order valence-corrected chi connectivity index (χ3v) is 4.60. The predicted molar refractivity (Wildman–Crippen MR) is 85.2 cm³/mol. The normalized spacial score (nSPS) is 28.7. The van der Waals surface area contributed by atoms with Crippen LogP contribution in [0.1, 0.15) is 52.9 Å². The average molecular weight is 296 g/mol. The molecule has 0 spiro atoms. The van der Waals surface area contributed by atoms with Crippen molar-refractivity contribution in [2.45, 2.75) is 65.0 Å². The lowest BCUT2D eigenvalue weighted by Gasteiger charge is -2.36. The Labute approximate surface area is 129 Å². The minimum Gasteiger partial charge on any atom is -0.378 e. The molecule has 1 amide bonds. The maximum atomic E-state index is 12.6. The van der Waals surface area contributed by atoms with Crippen LogP contribution in [0.5, 0.6) is 0 Å². The zero-order valence-corrected chi connectivity index (χ0v) is 13.9. The number of rotatable bonds is 8. The highest BCUT2D eigenvalue weighted by Gasteiger charge is 2.33. The van der Waals surface area contributed by atoms with Crippen molar-refractivity contribution >= 4 is 5.91 Å². The minimum absolute atomic E-state index is 0.345. The second-order valence-corrected chi connectivity index (χ2v) is 7.10. The fraction of sp³-hybridized carbons (Fsp3) is 0.941. The zero-order valence-electron chi connectivity index (χ0n) is 13.9. The molecule has 2 aliphatic rings. The van der Waals surface area contributed by atoms with Gasteiger partial charge in [0, 0.05) is 32.2 Å². The van der Waals surface area contributed by atoms with E-state index in [-0.39, 0.29) is 0 Å². The number of hydrogen-bond acceptors (Lipinski definition) is 3. The molecule has 0 aromatic heterocycles. The van der Waals surface area contributed by atoms with Crippen molar-refractivity contribution in [3.63, 3.8) is 0 Å². The summed E-state index contributed by atoms with van der Waals surface area (Å²) in [6.45, 7) is 10.1. The Bertz CT molecular complexity index is 321. The molecule has 1 N–H and O–H groups in total. The van der Waals surface area contributed by atoms with E-state index in [1.54, 1.807) is 0 Å². The summed E-state index contributed by atoms with van der Waals surface area (Å²) >= 11 is 0. The van der Waals surface area contributed by atoms with Crippen molar-refractivity contribution in [1.29, 1.82) is 0 Å². The molecule has 1 heterocycles. The van der Waals surface area contributed by atoms with E-state index in [0.717, 1.165) is 39.1 Å². The lowest BCUT2D eigenvalue weighted by Crippen LogP contribution is -2.44. The first-order valence-corrected chi connectivity index (χ1v) is 8.71. The Morgan fingerprint density at radius 2 is 2.14 bits per heavy atom. The summed E-state index contributed by atoms with van der Waals surface area (Å²) in [5, 5.41) is 3.51. The summed E-state index contributed by atoms with van der Waals surface area (Å²) in [6, 6.07) is 0.505. The fourth-order valence-corrected chi connectivity index (χ4v) is 3.49. The van der Waals surface area contributed by atoms with Gasteiger partial charge in [-0.1, -0.05) is 13.8 Å². The number of ether oxygens (including phenoxy) is 1. The van der Waals surface area contributed by atoms with Crippen LogP contribution in [0.15, 0.2) is 0 Å². The quantitative estimate of drug-likeness (QED) is 0.748. The summed E-state index contributed by atoms with van der Waals surface area (Å²) in [6.07, 6.45) is 5.70. The van der Waals surface area contributed by atoms with E-state index >= 15 is 0 Å². The maximum Gasteiger partial charge on any atom is 0.222 e. The lowest BCUT2D eigenvalue weighted by atomic mass is 9.79. The third-order valence-electron chi connectivity index (χ3n) is 4.60. The van der Waals surface area contributed by atoms with Gasteiger partial charge in [0.1, 0.15) is 0 Å². The van der Waals surface area contributed by atoms with Crippen LogP contribution >= 0.6 is 0 Å². The molecule has 2 fully saturated rings. The highest BCUT2D eigenvalue weighted by atomic mass is 16.5. The van der Waals surface area contributed by atoms with Gasteiger partial charge in [0.05, 0.1) is 6.10 Å². The van der Waals surface area contributed by atoms with Crippen LogP contribution < -0.4 is 5.32 Å². The van der Waals surface area contributed by atoms with Gasteiger partial charge in [-0.25, -0.2) is 0 Å². The topological polar surface area (TPSA) is 41.6 Å². The smallest absolute Gasteiger partial charge is 0.222 e. The molecule has 1 saturated carbocycles. The van der Waals surface area contributed by atoms with Gasteiger partial charge in [0.2, 0.25) is 5.91 Å².